The minimum absolute atomic E-state index is 1.11. The molecule has 0 radical (unpaired) electrons. The Balaban J connectivity index is 1.14. The molecule has 0 fully saturated rings. The molecule has 0 bridgehead atoms. The quantitative estimate of drug-likeness (QED) is 0.160. The number of fused-ring (bicyclic) bond motifs is 3. The van der Waals surface area contributed by atoms with Crippen LogP contribution in [0.1, 0.15) is 0 Å². The largest absolute Gasteiger partial charge is 0.309 e. The summed E-state index contributed by atoms with van der Waals surface area (Å²) >= 11 is 0. The fourth-order valence-corrected chi connectivity index (χ4v) is 9.57. The fourth-order valence-electron chi connectivity index (χ4n) is 9.57. The van der Waals surface area contributed by atoms with Gasteiger partial charge in [-0.1, -0.05) is 188 Å². The minimum atomic E-state index is 1.11. The fraction of sp³-hybridized carbons (Fsp3) is 0. The highest BCUT2D eigenvalue weighted by Gasteiger charge is 2.22. The number of anilines is 3. The lowest BCUT2D eigenvalue weighted by molar-refractivity contribution is 1.32. The first-order valence-corrected chi connectivity index (χ1v) is 19.8. The second-order valence-corrected chi connectivity index (χ2v) is 15.2. The van der Waals surface area contributed by atoms with Crippen LogP contribution in [-0.2, 0) is 0 Å². The summed E-state index contributed by atoms with van der Waals surface area (Å²) in [5, 5.41) is 17.8. The monoisotopic (exact) mass is 721 g/mol. The third kappa shape index (κ3) is 4.89. The predicted octanol–water partition coefficient (Wildman–Crippen LogP) is 16.0. The molecule has 0 saturated carbocycles. The standard InChI is InChI=1S/C56H35N/c1-2-11-36(12-3-1)37-25-27-38(28-26-37)39-31-33-44(34-32-39)57(51-24-9-14-40-13-4-5-18-45(40)51)52-35-43-17-8-21-47-46-19-6-15-41-29-30-42-16-7-20-48(54(42)53(41)46)49-22-10-23-50(52)56(49)55(43)47/h1-35H. The lowest BCUT2D eigenvalue weighted by Crippen LogP contribution is -2.11. The molecule has 264 valence electrons. The molecule has 0 aliphatic heterocycles. The number of hydrogen-bond donors (Lipinski definition) is 0. The van der Waals surface area contributed by atoms with Gasteiger partial charge in [0.2, 0.25) is 0 Å². The van der Waals surface area contributed by atoms with Crippen LogP contribution in [0.5, 0.6) is 0 Å². The van der Waals surface area contributed by atoms with Crippen molar-refractivity contribution in [2.75, 3.05) is 4.90 Å². The van der Waals surface area contributed by atoms with Gasteiger partial charge in [-0.15, -0.1) is 0 Å². The van der Waals surface area contributed by atoms with Crippen LogP contribution in [-0.4, -0.2) is 0 Å². The molecule has 0 heterocycles. The number of rotatable bonds is 5. The normalized spacial score (nSPS) is 11.9. The molecular formula is C56H35N. The summed E-state index contributed by atoms with van der Waals surface area (Å²) in [6, 6.07) is 78.5. The van der Waals surface area contributed by atoms with Gasteiger partial charge >= 0.3 is 0 Å². The van der Waals surface area contributed by atoms with Crippen molar-refractivity contribution in [2.45, 2.75) is 0 Å². The first-order chi connectivity index (χ1) is 28.3. The second kappa shape index (κ2) is 12.5. The average Bonchev–Trinajstić information content (AvgIpc) is 3.28. The number of hydrogen-bond acceptors (Lipinski definition) is 1. The highest BCUT2D eigenvalue weighted by molar-refractivity contribution is 6.38. The van der Waals surface area contributed by atoms with E-state index in [1.54, 1.807) is 0 Å². The van der Waals surface area contributed by atoms with Crippen LogP contribution in [0, 0.1) is 0 Å². The van der Waals surface area contributed by atoms with Crippen LogP contribution in [0.3, 0.4) is 0 Å². The third-order valence-electron chi connectivity index (χ3n) is 12.1. The molecule has 12 aromatic rings. The van der Waals surface area contributed by atoms with Crippen molar-refractivity contribution in [3.63, 3.8) is 0 Å². The van der Waals surface area contributed by atoms with Crippen molar-refractivity contribution in [1.29, 1.82) is 0 Å². The van der Waals surface area contributed by atoms with Crippen molar-refractivity contribution in [3.05, 3.63) is 212 Å². The molecule has 0 N–H and O–H groups in total. The Morgan fingerprint density at radius 2 is 0.649 bits per heavy atom. The predicted molar refractivity (Wildman–Crippen MR) is 246 cm³/mol. The van der Waals surface area contributed by atoms with E-state index in [0.717, 1.165) is 17.1 Å². The molecule has 0 saturated heterocycles. The summed E-state index contributed by atoms with van der Waals surface area (Å²) in [6.45, 7) is 0. The number of nitrogens with zero attached hydrogens (tertiary/aromatic N) is 1. The summed E-state index contributed by atoms with van der Waals surface area (Å²) in [4.78, 5) is 2.49. The van der Waals surface area contributed by atoms with Gasteiger partial charge in [-0.2, -0.15) is 0 Å². The van der Waals surface area contributed by atoms with Gasteiger partial charge in [-0.3, -0.25) is 0 Å². The van der Waals surface area contributed by atoms with Gasteiger partial charge in [0.1, 0.15) is 0 Å². The van der Waals surface area contributed by atoms with Gasteiger partial charge in [0.05, 0.1) is 11.4 Å². The van der Waals surface area contributed by atoms with E-state index < -0.39 is 0 Å². The van der Waals surface area contributed by atoms with Gasteiger partial charge in [-0.05, 0) is 106 Å². The van der Waals surface area contributed by atoms with E-state index in [0.29, 0.717) is 0 Å². The van der Waals surface area contributed by atoms with Crippen LogP contribution < -0.4 is 4.90 Å². The third-order valence-corrected chi connectivity index (χ3v) is 12.1. The zero-order valence-electron chi connectivity index (χ0n) is 31.2. The molecule has 57 heavy (non-hydrogen) atoms. The Morgan fingerprint density at radius 1 is 0.228 bits per heavy atom. The molecule has 12 rings (SSSR count). The maximum absolute atomic E-state index is 2.49. The topological polar surface area (TPSA) is 3.24 Å². The Bertz CT molecular complexity index is 3480. The Kier molecular flexibility index (Phi) is 7.00. The summed E-state index contributed by atoms with van der Waals surface area (Å²) in [5.74, 6) is 0. The van der Waals surface area contributed by atoms with Crippen LogP contribution >= 0.6 is 0 Å². The van der Waals surface area contributed by atoms with Gasteiger partial charge in [0.15, 0.2) is 0 Å². The van der Waals surface area contributed by atoms with Gasteiger partial charge in [0, 0.05) is 21.8 Å². The van der Waals surface area contributed by atoms with E-state index in [-0.39, 0.29) is 0 Å². The maximum atomic E-state index is 2.49. The van der Waals surface area contributed by atoms with Crippen molar-refractivity contribution in [2.24, 2.45) is 0 Å². The lowest BCUT2D eigenvalue weighted by atomic mass is 9.87. The summed E-state index contributed by atoms with van der Waals surface area (Å²) in [5.41, 5.74) is 8.26. The van der Waals surface area contributed by atoms with Gasteiger partial charge < -0.3 is 4.90 Å². The Morgan fingerprint density at radius 3 is 1.30 bits per heavy atom. The molecule has 1 heteroatoms. The maximum Gasteiger partial charge on any atom is 0.0546 e. The van der Waals surface area contributed by atoms with Crippen LogP contribution in [0.4, 0.5) is 17.1 Å². The second-order valence-electron chi connectivity index (χ2n) is 15.2. The van der Waals surface area contributed by atoms with Crippen molar-refractivity contribution < 1.29 is 0 Å². The Labute approximate surface area is 330 Å². The van der Waals surface area contributed by atoms with Crippen molar-refractivity contribution in [1.82, 2.24) is 0 Å². The van der Waals surface area contributed by atoms with Gasteiger partial charge in [-0.25, -0.2) is 0 Å². The van der Waals surface area contributed by atoms with Crippen molar-refractivity contribution >= 4 is 92.5 Å². The SMILES string of the molecule is c1ccc(-c2ccc(-c3ccc(N(c4cccc5ccccc45)c4cc5cccc6c7cccc8ccc9cccc(c%10cccc4c%10c56)c9c87)cc3)cc2)cc1. The van der Waals surface area contributed by atoms with Crippen LogP contribution in [0.25, 0.3) is 97.7 Å². The first kappa shape index (κ1) is 31.8. The summed E-state index contributed by atoms with van der Waals surface area (Å²) < 4.78 is 0. The first-order valence-electron chi connectivity index (χ1n) is 19.8. The van der Waals surface area contributed by atoms with Gasteiger partial charge in [0.25, 0.3) is 0 Å². The average molecular weight is 722 g/mol. The van der Waals surface area contributed by atoms with Crippen molar-refractivity contribution in [3.8, 4) is 22.3 Å². The van der Waals surface area contributed by atoms with E-state index in [9.17, 15) is 0 Å². The van der Waals surface area contributed by atoms with Crippen LogP contribution in [0.15, 0.2) is 212 Å². The zero-order chi connectivity index (χ0) is 37.5. The molecule has 0 amide bonds. The highest BCUT2D eigenvalue weighted by atomic mass is 15.1. The molecule has 0 aliphatic rings. The number of benzene rings is 11. The molecule has 0 aromatic heterocycles. The molecule has 1 nitrogen and oxygen atoms in total. The van der Waals surface area contributed by atoms with E-state index in [1.807, 2.05) is 0 Å². The molecular weight excluding hydrogens is 687 g/mol. The zero-order valence-corrected chi connectivity index (χ0v) is 31.2. The van der Waals surface area contributed by atoms with Crippen LogP contribution in [0.2, 0.25) is 0 Å². The minimum Gasteiger partial charge on any atom is -0.309 e. The van der Waals surface area contributed by atoms with E-state index in [4.69, 9.17) is 0 Å². The van der Waals surface area contributed by atoms with E-state index in [2.05, 4.69) is 217 Å². The lowest BCUT2D eigenvalue weighted by Gasteiger charge is -2.29. The van der Waals surface area contributed by atoms with E-state index in [1.165, 1.54) is 97.7 Å². The summed E-state index contributed by atoms with van der Waals surface area (Å²) in [7, 11) is 0. The molecule has 0 atom stereocenters. The molecule has 0 aliphatic carbocycles. The highest BCUT2D eigenvalue weighted by Crippen LogP contribution is 2.49. The molecule has 0 unspecified atom stereocenters. The Hall–Kier alpha value is -7.48. The van der Waals surface area contributed by atoms with E-state index >= 15 is 0 Å². The summed E-state index contributed by atoms with van der Waals surface area (Å²) in [6.07, 6.45) is 0. The molecule has 12 aromatic carbocycles. The molecule has 0 spiro atoms. The smallest absolute Gasteiger partial charge is 0.0546 e.